The molecule has 1 N–H and O–H groups in total. The third-order valence-corrected chi connectivity index (χ3v) is 4.05. The van der Waals surface area contributed by atoms with Gasteiger partial charge in [0.2, 0.25) is 5.91 Å². The lowest BCUT2D eigenvalue weighted by atomic mass is 9.82. The second-order valence-electron chi connectivity index (χ2n) is 7.68. The van der Waals surface area contributed by atoms with Crippen molar-refractivity contribution >= 4 is 11.9 Å². The fraction of sp³-hybridized carbons (Fsp3) is 0.765. The van der Waals surface area contributed by atoms with Gasteiger partial charge in [0.1, 0.15) is 0 Å². The number of carbonyl (C=O) groups is 2. The van der Waals surface area contributed by atoms with Gasteiger partial charge in [0.15, 0.2) is 0 Å². The number of hydrogen-bond acceptors (Lipinski definition) is 2. The van der Waals surface area contributed by atoms with Gasteiger partial charge in [0, 0.05) is 18.7 Å². The molecule has 1 aliphatic rings. The van der Waals surface area contributed by atoms with Gasteiger partial charge in [0.05, 0.1) is 5.92 Å². The summed E-state index contributed by atoms with van der Waals surface area (Å²) in [6.45, 7) is 13.2. The average molecular weight is 295 g/mol. The van der Waals surface area contributed by atoms with E-state index in [1.807, 2.05) is 13.0 Å². The normalized spacial score (nSPS) is 24.3. The summed E-state index contributed by atoms with van der Waals surface area (Å²) in [7, 11) is 0. The zero-order valence-corrected chi connectivity index (χ0v) is 14.1. The number of likely N-dealkylation sites (tertiary alicyclic amines) is 1. The summed E-state index contributed by atoms with van der Waals surface area (Å²) in [6.07, 6.45) is 2.63. The van der Waals surface area contributed by atoms with Crippen LogP contribution in [0.3, 0.4) is 0 Å². The van der Waals surface area contributed by atoms with Crippen molar-refractivity contribution in [2.75, 3.05) is 13.1 Å². The summed E-state index contributed by atoms with van der Waals surface area (Å²) in [5.74, 6) is -0.629. The van der Waals surface area contributed by atoms with Crippen LogP contribution in [0.2, 0.25) is 0 Å². The molecule has 2 unspecified atom stereocenters. The lowest BCUT2D eigenvalue weighted by Crippen LogP contribution is -2.47. The highest BCUT2D eigenvalue weighted by atomic mass is 16.4. The number of piperidine rings is 1. The summed E-state index contributed by atoms with van der Waals surface area (Å²) in [4.78, 5) is 25.6. The standard InChI is InChI=1S/C17H29NO3/c1-11(2)13-7-14(16(20)21)10-18(9-13)15(19)12(3)8-17(4,5)6/h8,11,13-14H,7,9-10H2,1-6H3,(H,20,21)/b12-8+. The van der Waals surface area contributed by atoms with Gasteiger partial charge in [-0.05, 0) is 30.6 Å². The molecule has 2 atom stereocenters. The maximum Gasteiger partial charge on any atom is 0.308 e. The van der Waals surface area contributed by atoms with Gasteiger partial charge < -0.3 is 10.0 Å². The highest BCUT2D eigenvalue weighted by molar-refractivity contribution is 5.93. The van der Waals surface area contributed by atoms with Crippen LogP contribution in [-0.2, 0) is 9.59 Å². The fourth-order valence-electron chi connectivity index (χ4n) is 2.93. The van der Waals surface area contributed by atoms with Gasteiger partial charge in [-0.25, -0.2) is 0 Å². The Kier molecular flexibility index (Phi) is 5.60. The smallest absolute Gasteiger partial charge is 0.308 e. The molecule has 1 amide bonds. The fourth-order valence-corrected chi connectivity index (χ4v) is 2.93. The van der Waals surface area contributed by atoms with E-state index >= 15 is 0 Å². The Balaban J connectivity index is 2.92. The van der Waals surface area contributed by atoms with Crippen molar-refractivity contribution in [3.05, 3.63) is 11.6 Å². The van der Waals surface area contributed by atoms with Crippen LogP contribution in [-0.4, -0.2) is 35.0 Å². The van der Waals surface area contributed by atoms with E-state index in [1.54, 1.807) is 4.90 Å². The van der Waals surface area contributed by atoms with E-state index in [0.717, 1.165) is 0 Å². The molecular formula is C17H29NO3. The molecule has 0 aromatic rings. The van der Waals surface area contributed by atoms with E-state index in [9.17, 15) is 14.7 Å². The Morgan fingerprint density at radius 2 is 1.81 bits per heavy atom. The van der Waals surface area contributed by atoms with Crippen molar-refractivity contribution < 1.29 is 14.7 Å². The molecule has 1 aliphatic heterocycles. The van der Waals surface area contributed by atoms with E-state index in [4.69, 9.17) is 0 Å². The van der Waals surface area contributed by atoms with Crippen molar-refractivity contribution in [2.45, 2.75) is 48.0 Å². The maximum atomic E-state index is 12.6. The number of aliphatic carboxylic acids is 1. The summed E-state index contributed by atoms with van der Waals surface area (Å²) in [5, 5.41) is 9.31. The molecule has 0 bridgehead atoms. The third kappa shape index (κ3) is 5.18. The lowest BCUT2D eigenvalue weighted by Gasteiger charge is -2.38. The molecule has 1 heterocycles. The number of nitrogens with zero attached hydrogens (tertiary/aromatic N) is 1. The zero-order chi connectivity index (χ0) is 16.4. The highest BCUT2D eigenvalue weighted by Gasteiger charge is 2.35. The molecule has 1 fully saturated rings. The zero-order valence-electron chi connectivity index (χ0n) is 14.1. The topological polar surface area (TPSA) is 57.6 Å². The van der Waals surface area contributed by atoms with Crippen LogP contribution in [0.1, 0.15) is 48.0 Å². The number of allylic oxidation sites excluding steroid dienone is 1. The predicted octanol–water partition coefficient (Wildman–Crippen LogP) is 3.18. The number of hydrogen-bond donors (Lipinski definition) is 1. The van der Waals surface area contributed by atoms with E-state index in [0.29, 0.717) is 31.0 Å². The quantitative estimate of drug-likeness (QED) is 0.814. The number of carbonyl (C=O) groups excluding carboxylic acids is 1. The minimum atomic E-state index is -0.796. The van der Waals surface area contributed by atoms with Crippen LogP contribution in [0.15, 0.2) is 11.6 Å². The van der Waals surface area contributed by atoms with Crippen LogP contribution in [0.25, 0.3) is 0 Å². The molecule has 21 heavy (non-hydrogen) atoms. The highest BCUT2D eigenvalue weighted by Crippen LogP contribution is 2.29. The Labute approximate surface area is 128 Å². The molecule has 1 saturated heterocycles. The van der Waals surface area contributed by atoms with E-state index in [-0.39, 0.29) is 17.2 Å². The summed E-state index contributed by atoms with van der Waals surface area (Å²) >= 11 is 0. The van der Waals surface area contributed by atoms with Gasteiger partial charge in [-0.1, -0.05) is 40.7 Å². The molecule has 0 spiro atoms. The molecule has 0 saturated carbocycles. The third-order valence-electron chi connectivity index (χ3n) is 4.05. The van der Waals surface area contributed by atoms with Gasteiger partial charge in [-0.2, -0.15) is 0 Å². The first-order chi connectivity index (χ1) is 9.51. The maximum absolute atomic E-state index is 12.6. The van der Waals surface area contributed by atoms with Gasteiger partial charge in [-0.15, -0.1) is 0 Å². The average Bonchev–Trinajstić information content (AvgIpc) is 2.35. The minimum absolute atomic E-state index is 0.0264. The molecule has 0 aliphatic carbocycles. The van der Waals surface area contributed by atoms with Gasteiger partial charge >= 0.3 is 5.97 Å². The first-order valence-corrected chi connectivity index (χ1v) is 7.72. The van der Waals surface area contributed by atoms with Crippen LogP contribution in [0.4, 0.5) is 0 Å². The van der Waals surface area contributed by atoms with Gasteiger partial charge in [0.25, 0.3) is 0 Å². The largest absolute Gasteiger partial charge is 0.481 e. The van der Waals surface area contributed by atoms with Crippen LogP contribution in [0, 0.1) is 23.2 Å². The van der Waals surface area contributed by atoms with E-state index in [1.165, 1.54) is 0 Å². The van der Waals surface area contributed by atoms with Crippen LogP contribution >= 0.6 is 0 Å². The molecule has 120 valence electrons. The molecular weight excluding hydrogens is 266 g/mol. The number of carboxylic acid groups (broad SMARTS) is 1. The van der Waals surface area contributed by atoms with Crippen molar-refractivity contribution in [1.29, 1.82) is 0 Å². The number of carboxylic acids is 1. The number of rotatable bonds is 3. The minimum Gasteiger partial charge on any atom is -0.481 e. The SMILES string of the molecule is C/C(=C\C(C)(C)C)C(=O)N1CC(C(=O)O)CC(C(C)C)C1. The molecule has 0 aromatic carbocycles. The van der Waals surface area contributed by atoms with Crippen LogP contribution < -0.4 is 0 Å². The second kappa shape index (κ2) is 6.63. The van der Waals surface area contributed by atoms with E-state index in [2.05, 4.69) is 34.6 Å². The molecule has 4 nitrogen and oxygen atoms in total. The second-order valence-corrected chi connectivity index (χ2v) is 7.68. The van der Waals surface area contributed by atoms with Gasteiger partial charge in [-0.3, -0.25) is 9.59 Å². The molecule has 1 rings (SSSR count). The molecule has 0 radical (unpaired) electrons. The number of amides is 1. The van der Waals surface area contributed by atoms with Crippen LogP contribution in [0.5, 0.6) is 0 Å². The molecule has 0 aromatic heterocycles. The lowest BCUT2D eigenvalue weighted by molar-refractivity contribution is -0.146. The summed E-state index contributed by atoms with van der Waals surface area (Å²) in [5.41, 5.74) is 0.648. The van der Waals surface area contributed by atoms with Crippen molar-refractivity contribution in [3.63, 3.8) is 0 Å². The van der Waals surface area contributed by atoms with Crippen molar-refractivity contribution in [3.8, 4) is 0 Å². The summed E-state index contributed by atoms with van der Waals surface area (Å²) < 4.78 is 0. The predicted molar refractivity (Wildman–Crippen MR) is 83.9 cm³/mol. The Morgan fingerprint density at radius 1 is 1.24 bits per heavy atom. The Morgan fingerprint density at radius 3 is 2.24 bits per heavy atom. The Hall–Kier alpha value is -1.32. The van der Waals surface area contributed by atoms with E-state index < -0.39 is 11.9 Å². The van der Waals surface area contributed by atoms with Crippen molar-refractivity contribution in [2.24, 2.45) is 23.2 Å². The Bertz CT molecular complexity index is 432. The monoisotopic (exact) mass is 295 g/mol. The first kappa shape index (κ1) is 17.7. The van der Waals surface area contributed by atoms with Crippen molar-refractivity contribution in [1.82, 2.24) is 4.90 Å². The molecule has 4 heteroatoms. The summed E-state index contributed by atoms with van der Waals surface area (Å²) in [6, 6.07) is 0. The first-order valence-electron chi connectivity index (χ1n) is 7.72.